The second kappa shape index (κ2) is 31.5. The fourth-order valence-electron chi connectivity index (χ4n) is 20.4. The van der Waals surface area contributed by atoms with Crippen molar-refractivity contribution in [2.45, 2.75) is 0 Å². The van der Waals surface area contributed by atoms with Crippen LogP contribution in [0, 0.1) is 0 Å². The standard InChI is InChI=1S/C126H82N4/c1-7-28-83(29-8-1)95-54-60-123-115(77-95)117-81-99(97-56-62-121-113(79-97)111-50-19-21-52-119(111)127(121)109-48-26-44-93(75-109)105-69-101(85-32-11-3-12-33-85)67-102(70-105)86-34-13-4-14-35-86)58-64-125(117)129(123)107-46-24-42-91(73-107)89-40-23-41-90(66-89)92-43-25-47-108(74-92)130-124-61-55-96(84-30-9-2-10-31-84)78-116(124)118-82-100(59-65-126(118)130)98-57-63-122-114(80-98)112-51-20-22-53-120(112)128(122)110-49-27-45-94(76-110)106-71-103(87-36-15-5-16-37-87)68-104(72-106)88-38-17-6-18-39-88/h1-82H. The molecule has 4 heteroatoms. The van der Waals surface area contributed by atoms with E-state index in [2.05, 4.69) is 516 Å². The van der Waals surface area contributed by atoms with Crippen LogP contribution in [0.15, 0.2) is 497 Å². The molecule has 25 aromatic rings. The summed E-state index contributed by atoms with van der Waals surface area (Å²) in [6.45, 7) is 0. The molecule has 0 spiro atoms. The van der Waals surface area contributed by atoms with E-state index < -0.39 is 0 Å². The van der Waals surface area contributed by atoms with Gasteiger partial charge in [-0.15, -0.1) is 0 Å². The van der Waals surface area contributed by atoms with Crippen LogP contribution >= 0.6 is 0 Å². The maximum Gasteiger partial charge on any atom is 0.0541 e. The van der Waals surface area contributed by atoms with Crippen LogP contribution in [0.3, 0.4) is 0 Å². The molecule has 4 aromatic heterocycles. The Balaban J connectivity index is 0.551. The van der Waals surface area contributed by atoms with Crippen molar-refractivity contribution in [3.05, 3.63) is 497 Å². The molecular weight excluding hydrogens is 1570 g/mol. The predicted molar refractivity (Wildman–Crippen MR) is 549 cm³/mol. The lowest BCUT2D eigenvalue weighted by Gasteiger charge is -2.14. The molecule has 0 aliphatic rings. The number of nitrogens with zero attached hydrogens (tertiary/aromatic N) is 4. The zero-order chi connectivity index (χ0) is 85.7. The highest BCUT2D eigenvalue weighted by Gasteiger charge is 2.23. The summed E-state index contributed by atoms with van der Waals surface area (Å²) in [4.78, 5) is 0. The van der Waals surface area contributed by atoms with Crippen molar-refractivity contribution < 1.29 is 0 Å². The maximum absolute atomic E-state index is 2.47. The highest BCUT2D eigenvalue weighted by Crippen LogP contribution is 2.46. The Morgan fingerprint density at radius 1 is 0.0846 bits per heavy atom. The van der Waals surface area contributed by atoms with Crippen molar-refractivity contribution in [2.75, 3.05) is 0 Å². The first-order chi connectivity index (χ1) is 64.4. The molecule has 0 unspecified atom stereocenters. The van der Waals surface area contributed by atoms with Gasteiger partial charge in [0, 0.05) is 65.8 Å². The summed E-state index contributed by atoms with van der Waals surface area (Å²) in [5, 5.41) is 9.63. The van der Waals surface area contributed by atoms with Gasteiger partial charge in [-0.3, -0.25) is 0 Å². The molecule has 0 fully saturated rings. The lowest BCUT2D eigenvalue weighted by molar-refractivity contribution is 1.18. The van der Waals surface area contributed by atoms with Gasteiger partial charge in [0.15, 0.2) is 0 Å². The van der Waals surface area contributed by atoms with Crippen LogP contribution < -0.4 is 0 Å². The van der Waals surface area contributed by atoms with E-state index in [1.54, 1.807) is 0 Å². The molecule has 606 valence electrons. The van der Waals surface area contributed by atoms with Gasteiger partial charge < -0.3 is 18.3 Å². The zero-order valence-corrected chi connectivity index (χ0v) is 71.1. The van der Waals surface area contributed by atoms with Gasteiger partial charge in [-0.2, -0.15) is 0 Å². The highest BCUT2D eigenvalue weighted by molar-refractivity contribution is 6.16. The number of hydrogen-bond donors (Lipinski definition) is 0. The minimum Gasteiger partial charge on any atom is -0.309 e. The van der Waals surface area contributed by atoms with Crippen LogP contribution in [0.5, 0.6) is 0 Å². The Morgan fingerprint density at radius 3 is 0.492 bits per heavy atom. The molecule has 0 bridgehead atoms. The molecule has 4 heterocycles. The van der Waals surface area contributed by atoms with Gasteiger partial charge >= 0.3 is 0 Å². The summed E-state index contributed by atoms with van der Waals surface area (Å²) in [5.41, 5.74) is 41.8. The summed E-state index contributed by atoms with van der Waals surface area (Å²) in [6, 6.07) is 184. The van der Waals surface area contributed by atoms with E-state index in [0.717, 1.165) is 111 Å². The average molecular weight is 1650 g/mol. The Hall–Kier alpha value is -17.2. The third-order valence-corrected chi connectivity index (χ3v) is 26.7. The molecule has 0 amide bonds. The summed E-state index contributed by atoms with van der Waals surface area (Å²) in [7, 11) is 0. The quantitative estimate of drug-likeness (QED) is 0.0919. The van der Waals surface area contributed by atoms with E-state index in [1.807, 2.05) is 0 Å². The number of para-hydroxylation sites is 2. The first kappa shape index (κ1) is 75.4. The molecular formula is C126H82N4. The molecule has 130 heavy (non-hydrogen) atoms. The molecule has 0 aliphatic heterocycles. The van der Waals surface area contributed by atoms with Gasteiger partial charge in [0.2, 0.25) is 0 Å². The van der Waals surface area contributed by atoms with Crippen LogP contribution in [-0.4, -0.2) is 18.3 Å². The predicted octanol–water partition coefficient (Wildman–Crippen LogP) is 34.1. The summed E-state index contributed by atoms with van der Waals surface area (Å²) >= 11 is 0. The maximum atomic E-state index is 2.47. The van der Waals surface area contributed by atoms with Crippen molar-refractivity contribution in [3.8, 4) is 156 Å². The van der Waals surface area contributed by atoms with Gasteiger partial charge in [-0.1, -0.05) is 322 Å². The second-order valence-electron chi connectivity index (χ2n) is 34.3. The second-order valence-corrected chi connectivity index (χ2v) is 34.3. The largest absolute Gasteiger partial charge is 0.309 e. The van der Waals surface area contributed by atoms with Gasteiger partial charge in [0.25, 0.3) is 0 Å². The monoisotopic (exact) mass is 1650 g/mol. The van der Waals surface area contributed by atoms with Crippen LogP contribution in [0.4, 0.5) is 0 Å². The molecule has 0 radical (unpaired) electrons. The normalized spacial score (nSPS) is 11.7. The first-order valence-corrected chi connectivity index (χ1v) is 44.8. The number of aromatic nitrogens is 4. The molecule has 25 rings (SSSR count). The van der Waals surface area contributed by atoms with Crippen LogP contribution in [0.2, 0.25) is 0 Å². The highest BCUT2D eigenvalue weighted by atomic mass is 15.0. The van der Waals surface area contributed by atoms with E-state index in [9.17, 15) is 0 Å². The van der Waals surface area contributed by atoms with Crippen LogP contribution in [0.1, 0.15) is 0 Å². The molecule has 0 N–H and O–H groups in total. The summed E-state index contributed by atoms with van der Waals surface area (Å²) in [5.74, 6) is 0. The van der Waals surface area contributed by atoms with E-state index in [-0.39, 0.29) is 0 Å². The van der Waals surface area contributed by atoms with E-state index in [4.69, 9.17) is 0 Å². The van der Waals surface area contributed by atoms with Gasteiger partial charge in [0.1, 0.15) is 0 Å². The summed E-state index contributed by atoms with van der Waals surface area (Å²) in [6.07, 6.45) is 0. The molecule has 0 saturated heterocycles. The Kier molecular flexibility index (Phi) is 18.3. The fourth-order valence-corrected chi connectivity index (χ4v) is 20.4. The van der Waals surface area contributed by atoms with Gasteiger partial charge in [-0.05, 0) is 309 Å². The SMILES string of the molecule is c1ccc(-c2cc(-c3ccccc3)cc(-c3cccc(-n4c5ccccc5c5cc(-c6ccc7c(c6)c6cc(-c8ccccc8)ccc6n7-c6cccc(-c7cccc(-c8cccc(-n9c%10ccc(-c%11ccccc%11)cc%10c%10cc(-c%11ccc%12c(c%11)c%11ccccc%11n%12-c%11cccc(-c%12cc(-c%13ccccc%13)cc(-c%13ccccc%13)c%12)c%11)ccc%109)c8)c7)c6)ccc54)c3)c2)cc1. The van der Waals surface area contributed by atoms with E-state index in [1.165, 1.54) is 132 Å². The van der Waals surface area contributed by atoms with Gasteiger partial charge in [0.05, 0.1) is 44.1 Å². The van der Waals surface area contributed by atoms with Crippen molar-refractivity contribution in [3.63, 3.8) is 0 Å². The fraction of sp³-hybridized carbons (Fsp3) is 0. The molecule has 0 aliphatic carbocycles. The lowest BCUT2D eigenvalue weighted by Crippen LogP contribution is -1.95. The van der Waals surface area contributed by atoms with Crippen molar-refractivity contribution in [1.29, 1.82) is 0 Å². The number of hydrogen-bond acceptors (Lipinski definition) is 0. The Labute approximate surface area is 753 Å². The topological polar surface area (TPSA) is 19.7 Å². The van der Waals surface area contributed by atoms with Crippen molar-refractivity contribution >= 4 is 87.2 Å². The number of fused-ring (bicyclic) bond motifs is 12. The minimum atomic E-state index is 1.10. The van der Waals surface area contributed by atoms with Crippen molar-refractivity contribution in [2.24, 2.45) is 0 Å². The smallest absolute Gasteiger partial charge is 0.0541 e. The number of benzene rings is 21. The number of rotatable bonds is 16. The summed E-state index contributed by atoms with van der Waals surface area (Å²) < 4.78 is 9.83. The molecule has 0 atom stereocenters. The molecule has 4 nitrogen and oxygen atoms in total. The third-order valence-electron chi connectivity index (χ3n) is 26.7. The van der Waals surface area contributed by atoms with Crippen LogP contribution in [-0.2, 0) is 0 Å². The van der Waals surface area contributed by atoms with E-state index in [0.29, 0.717) is 0 Å². The zero-order valence-electron chi connectivity index (χ0n) is 71.1. The Bertz CT molecular complexity index is 8130. The molecule has 21 aromatic carbocycles. The molecule has 0 saturated carbocycles. The lowest BCUT2D eigenvalue weighted by atomic mass is 9.93. The first-order valence-electron chi connectivity index (χ1n) is 44.8. The average Bonchev–Trinajstić information content (AvgIpc) is 0.815. The Morgan fingerprint density at radius 2 is 0.238 bits per heavy atom. The van der Waals surface area contributed by atoms with Gasteiger partial charge in [-0.25, -0.2) is 0 Å². The third kappa shape index (κ3) is 13.3. The minimum absolute atomic E-state index is 1.10. The van der Waals surface area contributed by atoms with Crippen molar-refractivity contribution in [1.82, 2.24) is 18.3 Å². The van der Waals surface area contributed by atoms with Crippen LogP contribution in [0.25, 0.3) is 243 Å². The van der Waals surface area contributed by atoms with E-state index >= 15 is 0 Å².